The highest BCUT2D eigenvalue weighted by atomic mass is 79.9. The fourth-order valence-electron chi connectivity index (χ4n) is 4.21. The van der Waals surface area contributed by atoms with Gasteiger partial charge in [0, 0.05) is 27.8 Å². The summed E-state index contributed by atoms with van der Waals surface area (Å²) >= 11 is 3.63. The first-order valence-corrected chi connectivity index (χ1v) is 10.8. The van der Waals surface area contributed by atoms with E-state index in [0.717, 1.165) is 21.3 Å². The lowest BCUT2D eigenvalue weighted by Crippen LogP contribution is -2.50. The Balaban J connectivity index is 2.05. The first kappa shape index (κ1) is 20.8. The molecule has 1 aliphatic heterocycles. The van der Waals surface area contributed by atoms with Crippen LogP contribution >= 0.6 is 15.9 Å². The Kier molecular flexibility index (Phi) is 5.88. The fraction of sp³-hybridized carbons (Fsp3) is 0.111. The van der Waals surface area contributed by atoms with Crippen LogP contribution in [0.25, 0.3) is 10.5 Å². The van der Waals surface area contributed by atoms with Crippen molar-refractivity contribution in [2.24, 2.45) is 0 Å². The van der Waals surface area contributed by atoms with E-state index in [1.54, 1.807) is 11.0 Å². The maximum Gasteiger partial charge on any atom is 0.344 e. The molecule has 4 rings (SSSR count). The van der Waals surface area contributed by atoms with E-state index in [9.17, 15) is 4.79 Å². The summed E-state index contributed by atoms with van der Waals surface area (Å²) in [6, 6.07) is 27.0. The number of carbonyl (C=O) groups is 1. The minimum Gasteiger partial charge on any atom is -0.301 e. The van der Waals surface area contributed by atoms with Gasteiger partial charge in [0.1, 0.15) is 0 Å². The van der Waals surface area contributed by atoms with Gasteiger partial charge in [-0.1, -0.05) is 101 Å². The van der Waals surface area contributed by atoms with E-state index in [1.807, 2.05) is 84.9 Å². The molecule has 0 fully saturated rings. The highest BCUT2D eigenvalue weighted by molar-refractivity contribution is 9.10. The lowest BCUT2D eigenvalue weighted by molar-refractivity contribution is -0.133. The smallest absolute Gasteiger partial charge is 0.301 e. The van der Waals surface area contributed by atoms with E-state index < -0.39 is 11.5 Å². The second kappa shape index (κ2) is 8.75. The van der Waals surface area contributed by atoms with Crippen LogP contribution in [0.5, 0.6) is 0 Å². The topological polar surface area (TPSA) is 24.7 Å². The maximum atomic E-state index is 14.2. The van der Waals surface area contributed by atoms with Crippen LogP contribution in [0.1, 0.15) is 22.6 Å². The van der Waals surface area contributed by atoms with Gasteiger partial charge in [0.2, 0.25) is 0 Å². The molecular weight excluding hydrogens is 448 g/mol. The molecule has 2 atom stereocenters. The van der Waals surface area contributed by atoms with Crippen molar-refractivity contribution in [1.29, 1.82) is 0 Å². The van der Waals surface area contributed by atoms with Crippen LogP contribution in [-0.4, -0.2) is 17.4 Å². The molecule has 0 N–H and O–H groups in total. The molecule has 0 bridgehead atoms. The number of amides is 1. The third kappa shape index (κ3) is 3.52. The van der Waals surface area contributed by atoms with Crippen molar-refractivity contribution in [2.75, 3.05) is 6.54 Å². The summed E-state index contributed by atoms with van der Waals surface area (Å²) in [7, 11) is 0. The van der Waals surface area contributed by atoms with Crippen LogP contribution in [0.4, 0.5) is 0 Å². The Hall–Kier alpha value is -3.42. The summed E-state index contributed by atoms with van der Waals surface area (Å²) in [4.78, 5) is 19.9. The zero-order valence-corrected chi connectivity index (χ0v) is 18.5. The minimum absolute atomic E-state index is 0.240. The van der Waals surface area contributed by atoms with Crippen LogP contribution in [0.3, 0.4) is 0 Å². The van der Waals surface area contributed by atoms with Crippen LogP contribution in [0, 0.1) is 6.57 Å². The van der Waals surface area contributed by atoms with Gasteiger partial charge in [0.15, 0.2) is 0 Å². The number of hydrogen-bond acceptors (Lipinski definition) is 1. The van der Waals surface area contributed by atoms with E-state index in [0.29, 0.717) is 12.1 Å². The SMILES string of the molecule is [C-]#[N+][C@@]1(c2ccccc2)C(=O)N(CC=C)C(c2ccccc2Br)=C[C@H]1c1ccccc1. The van der Waals surface area contributed by atoms with Crippen molar-refractivity contribution in [3.8, 4) is 0 Å². The molecule has 0 radical (unpaired) electrons. The van der Waals surface area contributed by atoms with Gasteiger partial charge in [-0.05, 0) is 17.7 Å². The van der Waals surface area contributed by atoms with Crippen molar-refractivity contribution >= 4 is 27.5 Å². The molecule has 1 heterocycles. The number of hydrogen-bond donors (Lipinski definition) is 0. The Labute approximate surface area is 191 Å². The normalized spacial score (nSPS) is 20.6. The monoisotopic (exact) mass is 468 g/mol. The first-order valence-electron chi connectivity index (χ1n) is 10.0. The predicted molar refractivity (Wildman–Crippen MR) is 128 cm³/mol. The van der Waals surface area contributed by atoms with Crippen LogP contribution < -0.4 is 0 Å². The Bertz CT molecular complexity index is 1180. The van der Waals surface area contributed by atoms with Crippen molar-refractivity contribution in [2.45, 2.75) is 11.5 Å². The summed E-state index contributed by atoms with van der Waals surface area (Å²) in [5.41, 5.74) is 1.92. The zero-order valence-electron chi connectivity index (χ0n) is 16.9. The van der Waals surface area contributed by atoms with Gasteiger partial charge < -0.3 is 4.90 Å². The Morgan fingerprint density at radius 1 is 1.00 bits per heavy atom. The molecular formula is C27H21BrN2O. The van der Waals surface area contributed by atoms with Crippen molar-refractivity contribution < 1.29 is 4.79 Å². The van der Waals surface area contributed by atoms with Gasteiger partial charge in [0.25, 0.3) is 0 Å². The van der Waals surface area contributed by atoms with Crippen LogP contribution in [0.15, 0.2) is 108 Å². The molecule has 3 aromatic rings. The van der Waals surface area contributed by atoms with E-state index >= 15 is 0 Å². The van der Waals surface area contributed by atoms with Crippen molar-refractivity contribution in [1.82, 2.24) is 4.90 Å². The second-order valence-corrected chi connectivity index (χ2v) is 8.22. The largest absolute Gasteiger partial charge is 0.344 e. The third-order valence-electron chi connectivity index (χ3n) is 5.65. The zero-order chi connectivity index (χ0) is 21.8. The number of rotatable bonds is 5. The molecule has 0 saturated heterocycles. The summed E-state index contributed by atoms with van der Waals surface area (Å²) in [5, 5.41) is 0. The number of carbonyl (C=O) groups excluding carboxylic acids is 1. The molecule has 3 aromatic carbocycles. The Morgan fingerprint density at radius 3 is 2.23 bits per heavy atom. The van der Waals surface area contributed by atoms with Gasteiger partial charge in [-0.3, -0.25) is 9.64 Å². The second-order valence-electron chi connectivity index (χ2n) is 7.37. The van der Waals surface area contributed by atoms with Crippen molar-refractivity contribution in [3.63, 3.8) is 0 Å². The maximum absolute atomic E-state index is 14.2. The highest BCUT2D eigenvalue weighted by Gasteiger charge is 2.59. The fourth-order valence-corrected chi connectivity index (χ4v) is 4.69. The number of nitrogens with zero attached hydrogens (tertiary/aromatic N) is 2. The van der Waals surface area contributed by atoms with Crippen LogP contribution in [0.2, 0.25) is 0 Å². The molecule has 1 amide bonds. The molecule has 0 aromatic heterocycles. The van der Waals surface area contributed by atoms with Gasteiger partial charge in [0.05, 0.1) is 5.92 Å². The van der Waals surface area contributed by atoms with E-state index in [-0.39, 0.29) is 5.91 Å². The molecule has 4 heteroatoms. The molecule has 152 valence electrons. The molecule has 31 heavy (non-hydrogen) atoms. The van der Waals surface area contributed by atoms with Crippen LogP contribution in [-0.2, 0) is 10.3 Å². The lowest BCUT2D eigenvalue weighted by Gasteiger charge is -2.39. The molecule has 0 unspecified atom stereocenters. The average molecular weight is 469 g/mol. The van der Waals surface area contributed by atoms with E-state index in [1.165, 1.54) is 0 Å². The van der Waals surface area contributed by atoms with Gasteiger partial charge in [-0.25, -0.2) is 6.57 Å². The molecule has 3 nitrogen and oxygen atoms in total. The number of benzene rings is 3. The van der Waals surface area contributed by atoms with E-state index in [4.69, 9.17) is 6.57 Å². The van der Waals surface area contributed by atoms with Gasteiger partial charge in [-0.2, -0.15) is 0 Å². The summed E-state index contributed by atoms with van der Waals surface area (Å²) in [6.45, 7) is 12.4. The lowest BCUT2D eigenvalue weighted by atomic mass is 9.71. The molecule has 0 aliphatic carbocycles. The molecule has 1 aliphatic rings. The van der Waals surface area contributed by atoms with Crippen molar-refractivity contribution in [3.05, 3.63) is 136 Å². The standard InChI is InChI=1S/C27H21BrN2O/c1-3-18-30-25(22-16-10-11-17-24(22)28)19-23(20-12-6-4-7-13-20)27(29-2,26(30)31)21-14-8-5-9-15-21/h3-17,19,23H,1,18H2/t23-,27+/m0/s1. The predicted octanol–water partition coefficient (Wildman–Crippen LogP) is 6.42. The number of halogens is 1. The minimum atomic E-state index is -1.39. The van der Waals surface area contributed by atoms with E-state index in [2.05, 4.69) is 33.4 Å². The molecule has 0 saturated carbocycles. The molecule has 0 spiro atoms. The summed E-state index contributed by atoms with van der Waals surface area (Å²) in [6.07, 6.45) is 3.76. The average Bonchev–Trinajstić information content (AvgIpc) is 2.82. The summed E-state index contributed by atoms with van der Waals surface area (Å²) in [5.74, 6) is -0.681. The highest BCUT2D eigenvalue weighted by Crippen LogP contribution is 2.49. The van der Waals surface area contributed by atoms with Gasteiger partial charge in [-0.15, -0.1) is 6.58 Å². The Morgan fingerprint density at radius 2 is 1.61 bits per heavy atom. The first-order chi connectivity index (χ1) is 15.1. The van der Waals surface area contributed by atoms with Gasteiger partial charge >= 0.3 is 11.4 Å². The summed E-state index contributed by atoms with van der Waals surface area (Å²) < 4.78 is 0.893. The third-order valence-corrected chi connectivity index (χ3v) is 6.34. The quantitative estimate of drug-likeness (QED) is 0.313.